The van der Waals surface area contributed by atoms with E-state index in [1.54, 1.807) is 11.3 Å². The fourth-order valence-corrected chi connectivity index (χ4v) is 2.90. The van der Waals surface area contributed by atoms with Gasteiger partial charge in [-0.2, -0.15) is 0 Å². The molecule has 1 atom stereocenters. The first kappa shape index (κ1) is 8.66. The number of halogens is 1. The van der Waals surface area contributed by atoms with Gasteiger partial charge in [-0.1, -0.05) is 0 Å². The maximum absolute atomic E-state index is 4.37. The fourth-order valence-electron chi connectivity index (χ4n) is 1.52. The number of nitrogens with zero attached hydrogens (tertiary/aromatic N) is 1. The molecule has 0 aliphatic carbocycles. The molecule has 1 aliphatic rings. The minimum Gasteiger partial charge on any atom is -0.316 e. The minimum atomic E-state index is 0.648. The molecule has 2 heterocycles. The molecular weight excluding hydrogens is 236 g/mol. The SMILES string of the molecule is Brc1cnc(C2CCCNC2)s1. The van der Waals surface area contributed by atoms with E-state index in [1.165, 1.54) is 24.4 Å². The highest BCUT2D eigenvalue weighted by atomic mass is 79.9. The molecule has 4 heteroatoms. The van der Waals surface area contributed by atoms with Crippen LogP contribution in [0, 0.1) is 0 Å². The van der Waals surface area contributed by atoms with E-state index in [9.17, 15) is 0 Å². The maximum atomic E-state index is 4.37. The summed E-state index contributed by atoms with van der Waals surface area (Å²) in [5, 5.41) is 4.67. The number of hydrogen-bond donors (Lipinski definition) is 1. The number of thiazole rings is 1. The van der Waals surface area contributed by atoms with Crippen LogP contribution in [-0.4, -0.2) is 18.1 Å². The Morgan fingerprint density at radius 3 is 3.17 bits per heavy atom. The van der Waals surface area contributed by atoms with Crippen LogP contribution in [0.5, 0.6) is 0 Å². The van der Waals surface area contributed by atoms with Crippen LogP contribution in [0.2, 0.25) is 0 Å². The predicted molar refractivity (Wildman–Crippen MR) is 54.7 cm³/mol. The zero-order chi connectivity index (χ0) is 8.39. The van der Waals surface area contributed by atoms with Crippen molar-refractivity contribution in [2.24, 2.45) is 0 Å². The van der Waals surface area contributed by atoms with E-state index < -0.39 is 0 Å². The molecule has 1 saturated heterocycles. The van der Waals surface area contributed by atoms with E-state index in [1.807, 2.05) is 6.20 Å². The van der Waals surface area contributed by atoms with Crippen molar-refractivity contribution in [1.29, 1.82) is 0 Å². The first-order chi connectivity index (χ1) is 5.86. The fraction of sp³-hybridized carbons (Fsp3) is 0.625. The van der Waals surface area contributed by atoms with Gasteiger partial charge in [0.2, 0.25) is 0 Å². The molecule has 0 amide bonds. The number of hydrogen-bond acceptors (Lipinski definition) is 3. The van der Waals surface area contributed by atoms with Crippen LogP contribution in [0.25, 0.3) is 0 Å². The molecule has 0 saturated carbocycles. The van der Waals surface area contributed by atoms with Gasteiger partial charge in [0, 0.05) is 12.5 Å². The van der Waals surface area contributed by atoms with E-state index in [4.69, 9.17) is 0 Å². The standard InChI is InChI=1S/C8H11BrN2S/c9-7-5-11-8(12-7)6-2-1-3-10-4-6/h5-6,10H,1-4H2. The molecule has 1 unspecified atom stereocenters. The van der Waals surface area contributed by atoms with Crippen LogP contribution in [0.3, 0.4) is 0 Å². The second-order valence-electron chi connectivity index (χ2n) is 3.05. The van der Waals surface area contributed by atoms with Crippen LogP contribution in [0.4, 0.5) is 0 Å². The molecule has 1 fully saturated rings. The van der Waals surface area contributed by atoms with Crippen LogP contribution in [-0.2, 0) is 0 Å². The second-order valence-corrected chi connectivity index (χ2v) is 5.49. The van der Waals surface area contributed by atoms with Gasteiger partial charge < -0.3 is 5.32 Å². The lowest BCUT2D eigenvalue weighted by Gasteiger charge is -2.20. The van der Waals surface area contributed by atoms with E-state index in [-0.39, 0.29) is 0 Å². The number of nitrogens with one attached hydrogen (secondary N) is 1. The molecule has 0 radical (unpaired) electrons. The summed E-state index contributed by atoms with van der Waals surface area (Å²) >= 11 is 5.19. The van der Waals surface area contributed by atoms with E-state index >= 15 is 0 Å². The summed E-state index contributed by atoms with van der Waals surface area (Å²) in [6.45, 7) is 2.27. The van der Waals surface area contributed by atoms with Gasteiger partial charge in [-0.25, -0.2) is 4.98 Å². The molecule has 12 heavy (non-hydrogen) atoms. The van der Waals surface area contributed by atoms with Gasteiger partial charge >= 0.3 is 0 Å². The number of piperidine rings is 1. The predicted octanol–water partition coefficient (Wildman–Crippen LogP) is 2.37. The highest BCUT2D eigenvalue weighted by Gasteiger charge is 2.17. The van der Waals surface area contributed by atoms with Gasteiger partial charge in [0.25, 0.3) is 0 Å². The molecule has 1 aromatic heterocycles. The second kappa shape index (κ2) is 3.85. The summed E-state index contributed by atoms with van der Waals surface area (Å²) in [7, 11) is 0. The Morgan fingerprint density at radius 2 is 2.58 bits per heavy atom. The smallest absolute Gasteiger partial charge is 0.0980 e. The Bertz CT molecular complexity index is 255. The first-order valence-electron chi connectivity index (χ1n) is 4.18. The molecule has 1 N–H and O–H groups in total. The quantitative estimate of drug-likeness (QED) is 0.824. The van der Waals surface area contributed by atoms with Crippen LogP contribution in [0.1, 0.15) is 23.8 Å². The molecule has 0 bridgehead atoms. The van der Waals surface area contributed by atoms with E-state index in [0.29, 0.717) is 5.92 Å². The Balaban J connectivity index is 2.08. The maximum Gasteiger partial charge on any atom is 0.0980 e. The largest absolute Gasteiger partial charge is 0.316 e. The van der Waals surface area contributed by atoms with Gasteiger partial charge in [-0.05, 0) is 35.3 Å². The van der Waals surface area contributed by atoms with E-state index in [2.05, 4.69) is 26.2 Å². The molecule has 2 nitrogen and oxygen atoms in total. The van der Waals surface area contributed by atoms with Gasteiger partial charge in [0.1, 0.15) is 0 Å². The summed E-state index contributed by atoms with van der Waals surface area (Å²) in [5.74, 6) is 0.648. The van der Waals surface area contributed by atoms with Crippen molar-refractivity contribution >= 4 is 27.3 Å². The van der Waals surface area contributed by atoms with Crippen LogP contribution >= 0.6 is 27.3 Å². The van der Waals surface area contributed by atoms with Crippen molar-refractivity contribution in [3.63, 3.8) is 0 Å². The molecule has 1 aliphatic heterocycles. The van der Waals surface area contributed by atoms with Crippen molar-refractivity contribution in [3.8, 4) is 0 Å². The van der Waals surface area contributed by atoms with Crippen LogP contribution < -0.4 is 5.32 Å². The van der Waals surface area contributed by atoms with Gasteiger partial charge in [0.05, 0.1) is 15.0 Å². The molecular formula is C8H11BrN2S. The highest BCUT2D eigenvalue weighted by Crippen LogP contribution is 2.29. The van der Waals surface area contributed by atoms with Crippen molar-refractivity contribution in [2.45, 2.75) is 18.8 Å². The first-order valence-corrected chi connectivity index (χ1v) is 5.79. The molecule has 66 valence electrons. The van der Waals surface area contributed by atoms with Gasteiger partial charge in [-0.3, -0.25) is 0 Å². The van der Waals surface area contributed by atoms with Crippen LogP contribution in [0.15, 0.2) is 9.98 Å². The minimum absolute atomic E-state index is 0.648. The zero-order valence-corrected chi connectivity index (χ0v) is 9.12. The molecule has 2 rings (SSSR count). The Kier molecular flexibility index (Phi) is 2.78. The third-order valence-corrected chi connectivity index (χ3v) is 3.78. The summed E-state index contributed by atoms with van der Waals surface area (Å²) < 4.78 is 1.14. The highest BCUT2D eigenvalue weighted by molar-refractivity contribution is 9.11. The Hall–Kier alpha value is 0.0700. The van der Waals surface area contributed by atoms with Crippen molar-refractivity contribution < 1.29 is 0 Å². The van der Waals surface area contributed by atoms with Gasteiger partial charge in [-0.15, -0.1) is 11.3 Å². The van der Waals surface area contributed by atoms with Gasteiger partial charge in [0.15, 0.2) is 0 Å². The summed E-state index contributed by atoms with van der Waals surface area (Å²) in [6, 6.07) is 0. The number of rotatable bonds is 1. The third kappa shape index (κ3) is 1.87. The average Bonchev–Trinajstić information content (AvgIpc) is 2.54. The molecule has 0 spiro atoms. The summed E-state index contributed by atoms with van der Waals surface area (Å²) in [6.07, 6.45) is 4.46. The lowest BCUT2D eigenvalue weighted by molar-refractivity contribution is 0.460. The van der Waals surface area contributed by atoms with Crippen molar-refractivity contribution in [1.82, 2.24) is 10.3 Å². The lowest BCUT2D eigenvalue weighted by Crippen LogP contribution is -2.28. The average molecular weight is 247 g/mol. The summed E-state index contributed by atoms with van der Waals surface area (Å²) in [5.41, 5.74) is 0. The Morgan fingerprint density at radius 1 is 1.67 bits per heavy atom. The lowest BCUT2D eigenvalue weighted by atomic mass is 10.0. The zero-order valence-electron chi connectivity index (χ0n) is 6.72. The van der Waals surface area contributed by atoms with E-state index in [0.717, 1.165) is 10.3 Å². The number of aromatic nitrogens is 1. The monoisotopic (exact) mass is 246 g/mol. The molecule has 0 aromatic carbocycles. The van der Waals surface area contributed by atoms with Crippen molar-refractivity contribution in [2.75, 3.05) is 13.1 Å². The normalized spacial score (nSPS) is 24.2. The Labute approximate surface area is 84.5 Å². The molecule has 1 aromatic rings. The third-order valence-electron chi connectivity index (χ3n) is 2.14. The van der Waals surface area contributed by atoms with Crippen molar-refractivity contribution in [3.05, 3.63) is 15.0 Å². The topological polar surface area (TPSA) is 24.9 Å². The summed E-state index contributed by atoms with van der Waals surface area (Å²) in [4.78, 5) is 4.37.